The van der Waals surface area contributed by atoms with Gasteiger partial charge in [-0.05, 0) is 37.4 Å². The molecule has 1 atom stereocenters. The zero-order valence-electron chi connectivity index (χ0n) is 9.32. The van der Waals surface area contributed by atoms with E-state index in [9.17, 15) is 5.02 Å². The van der Waals surface area contributed by atoms with Crippen LogP contribution in [-0.2, 0) is 10.3 Å². The van der Waals surface area contributed by atoms with E-state index in [0.717, 1.165) is 16.6 Å². The molecule has 0 bridgehead atoms. The highest BCUT2D eigenvalue weighted by atomic mass is 16.5. The number of hydrogen-bond donors (Lipinski definition) is 2. The van der Waals surface area contributed by atoms with Crippen molar-refractivity contribution in [3.8, 4) is 0 Å². The summed E-state index contributed by atoms with van der Waals surface area (Å²) in [6, 6.07) is 5.89. The van der Waals surface area contributed by atoms with Gasteiger partial charge in [-0.15, -0.1) is 0 Å². The van der Waals surface area contributed by atoms with Gasteiger partial charge < -0.3 is 15.4 Å². The predicted octanol–water partition coefficient (Wildman–Crippen LogP) is 0.659. The molecule has 0 saturated heterocycles. The smallest absolute Gasteiger partial charge is 0.423 e. The summed E-state index contributed by atoms with van der Waals surface area (Å²) in [7, 11) is -0.825. The summed E-state index contributed by atoms with van der Waals surface area (Å²) >= 11 is 0. The Hall–Kier alpha value is -0.835. The van der Waals surface area contributed by atoms with Crippen molar-refractivity contribution in [1.82, 2.24) is 0 Å². The second-order valence-electron chi connectivity index (χ2n) is 4.62. The van der Waals surface area contributed by atoms with Crippen molar-refractivity contribution in [3.63, 3.8) is 0 Å². The minimum Gasteiger partial charge on any atom is -0.423 e. The molecule has 0 aromatic heterocycles. The lowest BCUT2D eigenvalue weighted by molar-refractivity contribution is 0.101. The van der Waals surface area contributed by atoms with E-state index < -0.39 is 12.7 Å². The van der Waals surface area contributed by atoms with Crippen LogP contribution in [0, 0.1) is 0 Å². The van der Waals surface area contributed by atoms with Gasteiger partial charge in [0.2, 0.25) is 0 Å². The standard InChI is InChI=1S/C11H16BNO2/c1-7(13)8-4-5-9-10(6-8)12(14)15-11(9,2)3/h4-7,14H,13H2,1-3H3/t7-/m0/s1. The molecule has 80 valence electrons. The molecular formula is C11H16BNO2. The molecule has 0 fully saturated rings. The highest BCUT2D eigenvalue weighted by Gasteiger charge is 2.40. The van der Waals surface area contributed by atoms with Crippen LogP contribution in [-0.4, -0.2) is 12.1 Å². The molecule has 15 heavy (non-hydrogen) atoms. The van der Waals surface area contributed by atoms with Gasteiger partial charge >= 0.3 is 7.12 Å². The van der Waals surface area contributed by atoms with Crippen molar-refractivity contribution in [2.45, 2.75) is 32.4 Å². The topological polar surface area (TPSA) is 55.5 Å². The van der Waals surface area contributed by atoms with Crippen molar-refractivity contribution in [1.29, 1.82) is 0 Å². The second kappa shape index (κ2) is 3.34. The summed E-state index contributed by atoms with van der Waals surface area (Å²) in [6.45, 7) is 5.83. The Bertz CT molecular complexity index is 390. The van der Waals surface area contributed by atoms with Gasteiger partial charge in [0, 0.05) is 6.04 Å². The van der Waals surface area contributed by atoms with Crippen LogP contribution in [0.2, 0.25) is 0 Å². The second-order valence-corrected chi connectivity index (χ2v) is 4.62. The lowest BCUT2D eigenvalue weighted by Gasteiger charge is -2.19. The Labute approximate surface area is 90.4 Å². The van der Waals surface area contributed by atoms with Gasteiger partial charge in [0.05, 0.1) is 5.60 Å². The maximum Gasteiger partial charge on any atom is 0.492 e. The first kappa shape index (κ1) is 10.7. The Kier molecular flexibility index (Phi) is 2.37. The number of benzene rings is 1. The summed E-state index contributed by atoms with van der Waals surface area (Å²) in [5, 5.41) is 9.76. The van der Waals surface area contributed by atoms with E-state index in [1.54, 1.807) is 0 Å². The summed E-state index contributed by atoms with van der Waals surface area (Å²) < 4.78 is 5.47. The van der Waals surface area contributed by atoms with Gasteiger partial charge in [-0.1, -0.05) is 18.2 Å². The van der Waals surface area contributed by atoms with E-state index in [4.69, 9.17) is 10.4 Å². The number of fused-ring (bicyclic) bond motifs is 1. The molecule has 0 unspecified atom stereocenters. The largest absolute Gasteiger partial charge is 0.492 e. The van der Waals surface area contributed by atoms with Crippen LogP contribution in [0.1, 0.15) is 37.9 Å². The average molecular weight is 205 g/mol. The molecular weight excluding hydrogens is 189 g/mol. The molecule has 1 aromatic rings. The van der Waals surface area contributed by atoms with Crippen LogP contribution in [0.5, 0.6) is 0 Å². The molecule has 4 heteroatoms. The van der Waals surface area contributed by atoms with E-state index in [2.05, 4.69) is 0 Å². The van der Waals surface area contributed by atoms with Crippen molar-refractivity contribution >= 4 is 12.6 Å². The summed E-state index contributed by atoms with van der Waals surface area (Å²) in [6.07, 6.45) is 0. The fraction of sp³-hybridized carbons (Fsp3) is 0.455. The lowest BCUT2D eigenvalue weighted by Crippen LogP contribution is -2.29. The third-order valence-corrected chi connectivity index (χ3v) is 2.92. The highest BCUT2D eigenvalue weighted by molar-refractivity contribution is 6.62. The zero-order valence-corrected chi connectivity index (χ0v) is 9.32. The predicted molar refractivity (Wildman–Crippen MR) is 60.8 cm³/mol. The zero-order chi connectivity index (χ0) is 11.2. The van der Waals surface area contributed by atoms with Gasteiger partial charge in [-0.2, -0.15) is 0 Å². The summed E-state index contributed by atoms with van der Waals surface area (Å²) in [4.78, 5) is 0. The molecule has 0 radical (unpaired) electrons. The first-order valence-corrected chi connectivity index (χ1v) is 5.17. The van der Waals surface area contributed by atoms with Gasteiger partial charge in [-0.25, -0.2) is 0 Å². The number of hydrogen-bond acceptors (Lipinski definition) is 3. The van der Waals surface area contributed by atoms with Crippen LogP contribution in [0.25, 0.3) is 0 Å². The van der Waals surface area contributed by atoms with E-state index in [1.165, 1.54) is 0 Å². The van der Waals surface area contributed by atoms with Crippen molar-refractivity contribution < 1.29 is 9.68 Å². The Morgan fingerprint density at radius 3 is 2.73 bits per heavy atom. The van der Waals surface area contributed by atoms with Crippen molar-refractivity contribution in [3.05, 3.63) is 29.3 Å². The van der Waals surface area contributed by atoms with E-state index in [1.807, 2.05) is 39.0 Å². The molecule has 3 N–H and O–H groups in total. The fourth-order valence-corrected chi connectivity index (χ4v) is 2.02. The molecule has 0 spiro atoms. The average Bonchev–Trinajstić information content (AvgIpc) is 2.37. The normalized spacial score (nSPS) is 20.2. The van der Waals surface area contributed by atoms with Crippen LogP contribution >= 0.6 is 0 Å². The molecule has 0 aliphatic carbocycles. The van der Waals surface area contributed by atoms with Gasteiger partial charge in [-0.3, -0.25) is 0 Å². The van der Waals surface area contributed by atoms with Crippen molar-refractivity contribution in [2.24, 2.45) is 5.73 Å². The minimum absolute atomic E-state index is 0.0220. The van der Waals surface area contributed by atoms with Gasteiger partial charge in [0.1, 0.15) is 0 Å². The van der Waals surface area contributed by atoms with Crippen LogP contribution in [0.3, 0.4) is 0 Å². The Balaban J connectivity index is 2.51. The molecule has 1 heterocycles. The van der Waals surface area contributed by atoms with Gasteiger partial charge in [0.25, 0.3) is 0 Å². The third-order valence-electron chi connectivity index (χ3n) is 2.92. The summed E-state index contributed by atoms with van der Waals surface area (Å²) in [5.74, 6) is 0. The van der Waals surface area contributed by atoms with Gasteiger partial charge in [0.15, 0.2) is 0 Å². The van der Waals surface area contributed by atoms with E-state index >= 15 is 0 Å². The maximum absolute atomic E-state index is 9.76. The molecule has 0 amide bonds. The minimum atomic E-state index is -0.825. The first-order valence-electron chi connectivity index (χ1n) is 5.17. The van der Waals surface area contributed by atoms with E-state index in [0.29, 0.717) is 0 Å². The number of nitrogens with two attached hydrogens (primary N) is 1. The fourth-order valence-electron chi connectivity index (χ4n) is 2.02. The van der Waals surface area contributed by atoms with Crippen LogP contribution < -0.4 is 11.2 Å². The molecule has 1 aromatic carbocycles. The SMILES string of the molecule is C[C@H](N)c1ccc2c(c1)B(O)OC2(C)C. The number of rotatable bonds is 1. The monoisotopic (exact) mass is 205 g/mol. The highest BCUT2D eigenvalue weighted by Crippen LogP contribution is 2.30. The Morgan fingerprint density at radius 2 is 2.13 bits per heavy atom. The Morgan fingerprint density at radius 1 is 1.47 bits per heavy atom. The van der Waals surface area contributed by atoms with Crippen LogP contribution in [0.4, 0.5) is 0 Å². The molecule has 2 rings (SSSR count). The summed E-state index contributed by atoms with van der Waals surface area (Å²) in [5.41, 5.74) is 8.29. The van der Waals surface area contributed by atoms with Crippen molar-refractivity contribution in [2.75, 3.05) is 0 Å². The van der Waals surface area contributed by atoms with E-state index in [-0.39, 0.29) is 6.04 Å². The lowest BCUT2D eigenvalue weighted by atomic mass is 9.77. The molecule has 0 saturated carbocycles. The quantitative estimate of drug-likeness (QED) is 0.662. The van der Waals surface area contributed by atoms with Crippen LogP contribution in [0.15, 0.2) is 18.2 Å². The molecule has 3 nitrogen and oxygen atoms in total. The molecule has 1 aliphatic rings. The third kappa shape index (κ3) is 1.69. The molecule has 1 aliphatic heterocycles. The first-order chi connectivity index (χ1) is 6.92. The maximum atomic E-state index is 9.76.